The molecule has 4 heteroatoms. The number of nitrogens with one attached hydrogen (secondary N) is 1. The van der Waals surface area contributed by atoms with Crippen LogP contribution in [0.25, 0.3) is 0 Å². The van der Waals surface area contributed by atoms with E-state index in [9.17, 15) is 4.79 Å². The van der Waals surface area contributed by atoms with E-state index < -0.39 is 0 Å². The molecule has 3 N–H and O–H groups in total. The van der Waals surface area contributed by atoms with Gasteiger partial charge < -0.3 is 15.8 Å². The van der Waals surface area contributed by atoms with Gasteiger partial charge in [0.15, 0.2) is 0 Å². The third-order valence-electron chi connectivity index (χ3n) is 4.84. The highest BCUT2D eigenvalue weighted by molar-refractivity contribution is 5.81. The van der Waals surface area contributed by atoms with Gasteiger partial charge in [-0.05, 0) is 37.5 Å². The van der Waals surface area contributed by atoms with Crippen molar-refractivity contribution in [3.8, 4) is 0 Å². The van der Waals surface area contributed by atoms with E-state index in [1.165, 1.54) is 25.7 Å². The van der Waals surface area contributed by atoms with Crippen LogP contribution in [0.4, 0.5) is 0 Å². The molecule has 1 rings (SSSR count). The first kappa shape index (κ1) is 17.4. The number of carbonyl (C=O) groups is 1. The van der Waals surface area contributed by atoms with Crippen LogP contribution >= 0.6 is 0 Å². The molecule has 0 aromatic rings. The van der Waals surface area contributed by atoms with Crippen LogP contribution in [0.3, 0.4) is 0 Å². The van der Waals surface area contributed by atoms with Crippen LogP contribution in [0.15, 0.2) is 0 Å². The second-order valence-electron chi connectivity index (χ2n) is 6.28. The Bertz CT molecular complexity index is 288. The van der Waals surface area contributed by atoms with Crippen molar-refractivity contribution in [3.63, 3.8) is 0 Å². The number of nitrogens with two attached hydrogens (primary N) is 1. The van der Waals surface area contributed by atoms with Crippen LogP contribution in [0, 0.1) is 11.3 Å². The first-order chi connectivity index (χ1) is 9.54. The second kappa shape index (κ2) is 8.63. The average Bonchev–Trinajstić information content (AvgIpc) is 2.92. The highest BCUT2D eigenvalue weighted by atomic mass is 16.5. The van der Waals surface area contributed by atoms with Crippen molar-refractivity contribution in [1.29, 1.82) is 0 Å². The van der Waals surface area contributed by atoms with Crippen LogP contribution in [0.1, 0.15) is 59.3 Å². The maximum atomic E-state index is 12.1. The van der Waals surface area contributed by atoms with Gasteiger partial charge in [0.1, 0.15) is 0 Å². The third-order valence-corrected chi connectivity index (χ3v) is 4.84. The first-order valence-corrected chi connectivity index (χ1v) is 8.15. The molecular weight excluding hydrogens is 252 g/mol. The fourth-order valence-corrected chi connectivity index (χ4v) is 2.98. The fraction of sp³-hybridized carbons (Fsp3) is 0.938. The minimum absolute atomic E-state index is 0.00188. The summed E-state index contributed by atoms with van der Waals surface area (Å²) in [5.41, 5.74) is 6.22. The van der Waals surface area contributed by atoms with Gasteiger partial charge in [0.2, 0.25) is 5.91 Å². The van der Waals surface area contributed by atoms with E-state index in [1.807, 2.05) is 13.8 Å². The Hall–Kier alpha value is -0.610. The Kier molecular flexibility index (Phi) is 7.52. The van der Waals surface area contributed by atoms with Gasteiger partial charge in [-0.25, -0.2) is 0 Å². The van der Waals surface area contributed by atoms with E-state index in [4.69, 9.17) is 10.5 Å². The minimum Gasteiger partial charge on any atom is -0.382 e. The van der Waals surface area contributed by atoms with Gasteiger partial charge in [0.25, 0.3) is 0 Å². The summed E-state index contributed by atoms with van der Waals surface area (Å²) in [5, 5.41) is 3.09. The molecule has 2 atom stereocenters. The van der Waals surface area contributed by atoms with Crippen LogP contribution in [0.2, 0.25) is 0 Å². The molecule has 0 saturated heterocycles. The largest absolute Gasteiger partial charge is 0.382 e. The molecule has 1 aliphatic rings. The van der Waals surface area contributed by atoms with Gasteiger partial charge in [-0.2, -0.15) is 0 Å². The summed E-state index contributed by atoms with van der Waals surface area (Å²) in [6.07, 6.45) is 6.89. The quantitative estimate of drug-likeness (QED) is 0.639. The molecule has 2 unspecified atom stereocenters. The molecule has 0 aromatic heterocycles. The summed E-state index contributed by atoms with van der Waals surface area (Å²) in [5.74, 6) is 0.236. The summed E-state index contributed by atoms with van der Waals surface area (Å²) in [6.45, 7) is 8.44. The Morgan fingerprint density at radius 1 is 1.35 bits per heavy atom. The Labute approximate surface area is 123 Å². The van der Waals surface area contributed by atoms with Crippen LogP contribution < -0.4 is 11.1 Å². The van der Waals surface area contributed by atoms with Crippen LogP contribution in [-0.2, 0) is 9.53 Å². The van der Waals surface area contributed by atoms with Crippen LogP contribution in [0.5, 0.6) is 0 Å². The Morgan fingerprint density at radius 3 is 2.55 bits per heavy atom. The summed E-state index contributed by atoms with van der Waals surface area (Å²) < 4.78 is 5.49. The maximum absolute atomic E-state index is 12.1. The van der Waals surface area contributed by atoms with Crippen molar-refractivity contribution in [1.82, 2.24) is 5.32 Å². The van der Waals surface area contributed by atoms with E-state index in [0.29, 0.717) is 0 Å². The van der Waals surface area contributed by atoms with E-state index in [1.54, 1.807) is 0 Å². The summed E-state index contributed by atoms with van der Waals surface area (Å²) in [4.78, 5) is 12.1. The number of carbonyl (C=O) groups excluding carboxylic acids is 1. The van der Waals surface area contributed by atoms with Crippen molar-refractivity contribution >= 4 is 5.91 Å². The lowest BCUT2D eigenvalue weighted by Crippen LogP contribution is -2.47. The lowest BCUT2D eigenvalue weighted by Gasteiger charge is -2.30. The predicted molar refractivity (Wildman–Crippen MR) is 82.5 cm³/mol. The molecular formula is C16H32N2O2. The van der Waals surface area contributed by atoms with Crippen molar-refractivity contribution in [2.24, 2.45) is 17.1 Å². The number of hydrogen-bond donors (Lipinski definition) is 2. The predicted octanol–water partition coefficient (Wildman–Crippen LogP) is 2.46. The SMILES string of the molecule is CCOCCC1(CNC(=O)C(N)C(C)CC)CCCC1. The molecule has 1 amide bonds. The smallest absolute Gasteiger partial charge is 0.237 e. The zero-order valence-corrected chi connectivity index (χ0v) is 13.4. The molecule has 20 heavy (non-hydrogen) atoms. The van der Waals surface area contributed by atoms with E-state index in [2.05, 4.69) is 12.2 Å². The Balaban J connectivity index is 2.44. The van der Waals surface area contributed by atoms with Crippen molar-refractivity contribution < 1.29 is 9.53 Å². The van der Waals surface area contributed by atoms with Crippen molar-refractivity contribution in [2.75, 3.05) is 19.8 Å². The molecule has 0 radical (unpaired) electrons. The molecule has 0 heterocycles. The molecule has 1 aliphatic carbocycles. The molecule has 0 bridgehead atoms. The number of amides is 1. The number of rotatable bonds is 9. The van der Waals surface area contributed by atoms with Gasteiger partial charge in [-0.3, -0.25) is 4.79 Å². The highest BCUT2D eigenvalue weighted by Crippen LogP contribution is 2.40. The average molecular weight is 284 g/mol. The second-order valence-corrected chi connectivity index (χ2v) is 6.28. The molecule has 0 spiro atoms. The number of hydrogen-bond acceptors (Lipinski definition) is 3. The number of ether oxygens (including phenoxy) is 1. The van der Waals surface area contributed by atoms with E-state index in [-0.39, 0.29) is 23.3 Å². The zero-order valence-electron chi connectivity index (χ0n) is 13.4. The van der Waals surface area contributed by atoms with E-state index in [0.717, 1.165) is 32.6 Å². The summed E-state index contributed by atoms with van der Waals surface area (Å²) in [7, 11) is 0. The molecule has 1 fully saturated rings. The third kappa shape index (κ3) is 5.06. The lowest BCUT2D eigenvalue weighted by molar-refractivity contribution is -0.124. The monoisotopic (exact) mass is 284 g/mol. The zero-order chi connectivity index (χ0) is 15.0. The minimum atomic E-state index is -0.384. The van der Waals surface area contributed by atoms with Crippen molar-refractivity contribution in [3.05, 3.63) is 0 Å². The van der Waals surface area contributed by atoms with Crippen molar-refractivity contribution in [2.45, 2.75) is 65.3 Å². The Morgan fingerprint density at radius 2 is 2.00 bits per heavy atom. The van der Waals surface area contributed by atoms with Crippen LogP contribution in [-0.4, -0.2) is 31.7 Å². The summed E-state index contributed by atoms with van der Waals surface area (Å²) >= 11 is 0. The molecule has 0 aliphatic heterocycles. The lowest BCUT2D eigenvalue weighted by atomic mass is 9.82. The molecule has 1 saturated carbocycles. The van der Waals surface area contributed by atoms with Gasteiger partial charge in [-0.1, -0.05) is 33.1 Å². The van der Waals surface area contributed by atoms with Gasteiger partial charge in [-0.15, -0.1) is 0 Å². The highest BCUT2D eigenvalue weighted by Gasteiger charge is 2.34. The maximum Gasteiger partial charge on any atom is 0.237 e. The van der Waals surface area contributed by atoms with Gasteiger partial charge in [0.05, 0.1) is 6.04 Å². The fourth-order valence-electron chi connectivity index (χ4n) is 2.98. The van der Waals surface area contributed by atoms with Gasteiger partial charge >= 0.3 is 0 Å². The van der Waals surface area contributed by atoms with Gasteiger partial charge in [0, 0.05) is 19.8 Å². The topological polar surface area (TPSA) is 64.3 Å². The summed E-state index contributed by atoms with van der Waals surface area (Å²) in [6, 6.07) is -0.384. The molecule has 0 aromatic carbocycles. The molecule has 118 valence electrons. The molecule has 4 nitrogen and oxygen atoms in total. The standard InChI is InChI=1S/C16H32N2O2/c1-4-13(3)14(17)15(19)18-12-16(8-6-7-9-16)10-11-20-5-2/h13-14H,4-12,17H2,1-3H3,(H,18,19). The normalized spacial score (nSPS) is 20.6. The first-order valence-electron chi connectivity index (χ1n) is 8.15. The van der Waals surface area contributed by atoms with E-state index >= 15 is 0 Å².